The molecular formula is C10H10BrN3O. The van der Waals surface area contributed by atoms with Gasteiger partial charge < -0.3 is 9.84 Å². The Balaban J connectivity index is 1.83. The van der Waals surface area contributed by atoms with Crippen molar-refractivity contribution in [3.8, 4) is 0 Å². The van der Waals surface area contributed by atoms with Crippen LogP contribution < -0.4 is 5.32 Å². The predicted octanol–water partition coefficient (Wildman–Crippen LogP) is 2.12. The maximum absolute atomic E-state index is 4.63. The van der Waals surface area contributed by atoms with Gasteiger partial charge in [-0.1, -0.05) is 33.2 Å². The van der Waals surface area contributed by atoms with Gasteiger partial charge in [0.25, 0.3) is 0 Å². The summed E-state index contributed by atoms with van der Waals surface area (Å²) < 4.78 is 5.71. The van der Waals surface area contributed by atoms with E-state index in [4.69, 9.17) is 0 Å². The second kappa shape index (κ2) is 5.04. The smallest absolute Gasteiger partial charge is 0.213 e. The lowest BCUT2D eigenvalue weighted by Crippen LogP contribution is -2.13. The summed E-state index contributed by atoms with van der Waals surface area (Å²) in [7, 11) is 0. The summed E-state index contributed by atoms with van der Waals surface area (Å²) in [5.41, 5.74) is 1.22. The first-order chi connectivity index (χ1) is 7.34. The van der Waals surface area contributed by atoms with Gasteiger partial charge in [0.1, 0.15) is 0 Å². The van der Waals surface area contributed by atoms with Gasteiger partial charge in [-0.3, -0.25) is 0 Å². The lowest BCUT2D eigenvalue weighted by atomic mass is 10.2. The summed E-state index contributed by atoms with van der Waals surface area (Å²) in [6.45, 7) is 1.40. The van der Waals surface area contributed by atoms with Crippen LogP contribution >= 0.6 is 15.9 Å². The van der Waals surface area contributed by atoms with Gasteiger partial charge in [-0.2, -0.15) is 4.98 Å². The van der Waals surface area contributed by atoms with Crippen LogP contribution in [0.25, 0.3) is 0 Å². The standard InChI is InChI=1S/C10H10BrN3O/c11-9-3-1-2-8(4-9)5-12-6-10-13-7-15-14-10/h1-4,7,12H,5-6H2. The third-order valence-electron chi connectivity index (χ3n) is 1.91. The van der Waals surface area contributed by atoms with Crippen LogP contribution in [0.1, 0.15) is 11.4 Å². The Morgan fingerprint density at radius 1 is 1.33 bits per heavy atom. The Morgan fingerprint density at radius 3 is 3.00 bits per heavy atom. The molecule has 1 aromatic carbocycles. The zero-order valence-electron chi connectivity index (χ0n) is 7.98. The van der Waals surface area contributed by atoms with Crippen molar-refractivity contribution in [1.82, 2.24) is 15.5 Å². The number of nitrogens with zero attached hydrogens (tertiary/aromatic N) is 2. The summed E-state index contributed by atoms with van der Waals surface area (Å²) in [5, 5.41) is 6.93. The zero-order chi connectivity index (χ0) is 10.5. The van der Waals surface area contributed by atoms with Gasteiger partial charge >= 0.3 is 0 Å². The summed E-state index contributed by atoms with van der Waals surface area (Å²) in [6, 6.07) is 8.15. The van der Waals surface area contributed by atoms with E-state index < -0.39 is 0 Å². The van der Waals surface area contributed by atoms with Crippen molar-refractivity contribution in [2.45, 2.75) is 13.1 Å². The number of nitrogens with one attached hydrogen (secondary N) is 1. The third-order valence-corrected chi connectivity index (χ3v) is 2.40. The van der Waals surface area contributed by atoms with Crippen molar-refractivity contribution in [1.29, 1.82) is 0 Å². The van der Waals surface area contributed by atoms with E-state index in [9.17, 15) is 0 Å². The second-order valence-corrected chi connectivity index (χ2v) is 4.00. The largest absolute Gasteiger partial charge is 0.343 e. The molecule has 0 amide bonds. The lowest BCUT2D eigenvalue weighted by Gasteiger charge is -2.02. The molecule has 5 heteroatoms. The minimum Gasteiger partial charge on any atom is -0.343 e. The number of hydrogen-bond donors (Lipinski definition) is 1. The van der Waals surface area contributed by atoms with E-state index in [0.29, 0.717) is 12.4 Å². The SMILES string of the molecule is Brc1cccc(CNCc2ncon2)c1. The first kappa shape index (κ1) is 10.3. The molecule has 4 nitrogen and oxygen atoms in total. The average Bonchev–Trinajstić information content (AvgIpc) is 2.71. The summed E-state index contributed by atoms with van der Waals surface area (Å²) in [5.74, 6) is 0.671. The second-order valence-electron chi connectivity index (χ2n) is 3.08. The third kappa shape index (κ3) is 3.14. The van der Waals surface area contributed by atoms with E-state index in [1.54, 1.807) is 0 Å². The van der Waals surface area contributed by atoms with Crippen LogP contribution in [-0.4, -0.2) is 10.1 Å². The molecule has 1 heterocycles. The van der Waals surface area contributed by atoms with Gasteiger partial charge in [-0.05, 0) is 17.7 Å². The quantitative estimate of drug-likeness (QED) is 0.922. The van der Waals surface area contributed by atoms with Crippen molar-refractivity contribution in [2.24, 2.45) is 0 Å². The minimum absolute atomic E-state index is 0.614. The molecule has 1 aromatic heterocycles. The number of aromatic nitrogens is 2. The lowest BCUT2D eigenvalue weighted by molar-refractivity contribution is 0.407. The molecule has 15 heavy (non-hydrogen) atoms. The fourth-order valence-corrected chi connectivity index (χ4v) is 1.68. The van der Waals surface area contributed by atoms with Crippen LogP contribution in [0.2, 0.25) is 0 Å². The van der Waals surface area contributed by atoms with Gasteiger partial charge in [0.05, 0.1) is 6.54 Å². The van der Waals surface area contributed by atoms with Crippen LogP contribution in [0.5, 0.6) is 0 Å². The van der Waals surface area contributed by atoms with E-state index in [1.807, 2.05) is 12.1 Å². The summed E-state index contributed by atoms with van der Waals surface area (Å²) >= 11 is 3.43. The van der Waals surface area contributed by atoms with Crippen LogP contribution in [-0.2, 0) is 13.1 Å². The zero-order valence-corrected chi connectivity index (χ0v) is 9.57. The highest BCUT2D eigenvalue weighted by Crippen LogP contribution is 2.11. The Morgan fingerprint density at radius 2 is 2.27 bits per heavy atom. The van der Waals surface area contributed by atoms with Crippen molar-refractivity contribution < 1.29 is 4.52 Å². The Kier molecular flexibility index (Phi) is 3.47. The van der Waals surface area contributed by atoms with Crippen LogP contribution in [0.3, 0.4) is 0 Å². The van der Waals surface area contributed by atoms with Gasteiger partial charge in [-0.15, -0.1) is 0 Å². The van der Waals surface area contributed by atoms with Crippen LogP contribution in [0.15, 0.2) is 39.7 Å². The molecule has 0 radical (unpaired) electrons. The van der Waals surface area contributed by atoms with E-state index in [2.05, 4.69) is 48.0 Å². The maximum Gasteiger partial charge on any atom is 0.213 e. The van der Waals surface area contributed by atoms with Crippen molar-refractivity contribution >= 4 is 15.9 Å². The topological polar surface area (TPSA) is 51.0 Å². The molecule has 1 N–H and O–H groups in total. The molecule has 0 aliphatic carbocycles. The van der Waals surface area contributed by atoms with Gasteiger partial charge in [0, 0.05) is 11.0 Å². The van der Waals surface area contributed by atoms with E-state index >= 15 is 0 Å². The molecule has 0 saturated heterocycles. The highest BCUT2D eigenvalue weighted by atomic mass is 79.9. The Bertz CT molecular complexity index is 416. The molecule has 0 atom stereocenters. The Hall–Kier alpha value is -1.20. The summed E-state index contributed by atoms with van der Waals surface area (Å²) in [6.07, 6.45) is 1.33. The Labute approximate surface area is 95.8 Å². The van der Waals surface area contributed by atoms with Gasteiger partial charge in [0.15, 0.2) is 5.82 Å². The fraction of sp³-hybridized carbons (Fsp3) is 0.200. The van der Waals surface area contributed by atoms with Crippen molar-refractivity contribution in [3.63, 3.8) is 0 Å². The highest BCUT2D eigenvalue weighted by molar-refractivity contribution is 9.10. The molecule has 2 aromatic rings. The van der Waals surface area contributed by atoms with Gasteiger partial charge in [0.2, 0.25) is 6.39 Å². The molecule has 0 aliphatic rings. The minimum atomic E-state index is 0.614. The van der Waals surface area contributed by atoms with Crippen LogP contribution in [0, 0.1) is 0 Å². The molecule has 2 rings (SSSR count). The molecule has 0 fully saturated rings. The molecule has 0 aliphatic heterocycles. The van der Waals surface area contributed by atoms with E-state index in [-0.39, 0.29) is 0 Å². The molecule has 78 valence electrons. The van der Waals surface area contributed by atoms with Crippen molar-refractivity contribution in [3.05, 3.63) is 46.5 Å². The normalized spacial score (nSPS) is 10.5. The number of hydrogen-bond acceptors (Lipinski definition) is 4. The summed E-state index contributed by atoms with van der Waals surface area (Å²) in [4.78, 5) is 3.92. The fourth-order valence-electron chi connectivity index (χ4n) is 1.24. The molecular weight excluding hydrogens is 258 g/mol. The maximum atomic E-state index is 4.63. The first-order valence-corrected chi connectivity index (χ1v) is 5.34. The van der Waals surface area contributed by atoms with Gasteiger partial charge in [-0.25, -0.2) is 0 Å². The van der Waals surface area contributed by atoms with E-state index in [0.717, 1.165) is 11.0 Å². The van der Waals surface area contributed by atoms with Crippen LogP contribution in [0.4, 0.5) is 0 Å². The number of halogens is 1. The molecule has 0 bridgehead atoms. The molecule has 0 spiro atoms. The number of rotatable bonds is 4. The predicted molar refractivity (Wildman–Crippen MR) is 59.0 cm³/mol. The first-order valence-electron chi connectivity index (χ1n) is 4.55. The van der Waals surface area contributed by atoms with E-state index in [1.165, 1.54) is 12.0 Å². The monoisotopic (exact) mass is 267 g/mol. The molecule has 0 unspecified atom stereocenters. The average molecular weight is 268 g/mol. The number of benzene rings is 1. The van der Waals surface area contributed by atoms with Crippen molar-refractivity contribution in [2.75, 3.05) is 0 Å². The highest BCUT2D eigenvalue weighted by Gasteiger charge is 1.98. The molecule has 0 saturated carbocycles.